The van der Waals surface area contributed by atoms with Gasteiger partial charge in [0.2, 0.25) is 0 Å². The van der Waals surface area contributed by atoms with Gasteiger partial charge in [-0.05, 0) is 53.7 Å². The van der Waals surface area contributed by atoms with E-state index in [9.17, 15) is 4.79 Å². The lowest BCUT2D eigenvalue weighted by Gasteiger charge is -2.35. The Balaban J connectivity index is 2.13. The highest BCUT2D eigenvalue weighted by atomic mass is 79.9. The smallest absolute Gasteiger partial charge is 0.306 e. The van der Waals surface area contributed by atoms with E-state index in [0.29, 0.717) is 6.04 Å². The molecule has 1 aromatic rings. The van der Waals surface area contributed by atoms with Crippen LogP contribution >= 0.6 is 31.9 Å². The van der Waals surface area contributed by atoms with Crippen LogP contribution in [0, 0.1) is 5.92 Å². The van der Waals surface area contributed by atoms with Crippen molar-refractivity contribution in [1.29, 1.82) is 0 Å². The van der Waals surface area contributed by atoms with Crippen LogP contribution in [0.2, 0.25) is 0 Å². The number of carbonyl (C=O) groups is 1. The van der Waals surface area contributed by atoms with E-state index >= 15 is 0 Å². The first kappa shape index (κ1) is 15.6. The van der Waals surface area contributed by atoms with Gasteiger partial charge in [0.25, 0.3) is 0 Å². The number of hydrogen-bond acceptors (Lipinski definition) is 3. The molecule has 4 nitrogen and oxygen atoms in total. The van der Waals surface area contributed by atoms with Crippen LogP contribution in [0.15, 0.2) is 21.1 Å². The van der Waals surface area contributed by atoms with E-state index in [-0.39, 0.29) is 5.92 Å². The van der Waals surface area contributed by atoms with Crippen molar-refractivity contribution in [3.05, 3.63) is 21.1 Å². The predicted octanol–water partition coefficient (Wildman–Crippen LogP) is 3.87. The lowest BCUT2D eigenvalue weighted by molar-refractivity contribution is -0.142. The first-order valence-corrected chi connectivity index (χ1v) is 8.19. The number of nitrogens with two attached hydrogens (primary N) is 1. The number of rotatable bonds is 3. The van der Waals surface area contributed by atoms with E-state index in [0.717, 1.165) is 46.0 Å². The lowest BCUT2D eigenvalue weighted by Crippen LogP contribution is -2.37. The Labute approximate surface area is 135 Å². The Morgan fingerprint density at radius 3 is 2.45 bits per heavy atom. The molecule has 1 aromatic carbocycles. The van der Waals surface area contributed by atoms with Crippen molar-refractivity contribution in [2.45, 2.75) is 31.7 Å². The second-order valence-corrected chi connectivity index (χ2v) is 7.05. The molecule has 0 heterocycles. The maximum absolute atomic E-state index is 11.0. The molecule has 0 aromatic heterocycles. The third-order valence-electron chi connectivity index (χ3n) is 4.05. The summed E-state index contributed by atoms with van der Waals surface area (Å²) in [7, 11) is 2.02. The molecule has 0 aliphatic heterocycles. The van der Waals surface area contributed by atoms with E-state index in [1.807, 2.05) is 19.2 Å². The number of nitrogens with zero attached hydrogens (tertiary/aromatic N) is 1. The molecule has 0 amide bonds. The van der Waals surface area contributed by atoms with E-state index < -0.39 is 5.97 Å². The first-order valence-electron chi connectivity index (χ1n) is 6.60. The first-order chi connectivity index (χ1) is 9.40. The predicted molar refractivity (Wildman–Crippen MR) is 88.0 cm³/mol. The van der Waals surface area contributed by atoms with Crippen LogP contribution in [-0.4, -0.2) is 24.2 Å². The maximum atomic E-state index is 11.0. The molecular weight excluding hydrogens is 388 g/mol. The van der Waals surface area contributed by atoms with Gasteiger partial charge in [0.1, 0.15) is 0 Å². The summed E-state index contributed by atoms with van der Waals surface area (Å²) in [4.78, 5) is 13.2. The van der Waals surface area contributed by atoms with Gasteiger partial charge in [-0.25, -0.2) is 0 Å². The van der Waals surface area contributed by atoms with Crippen molar-refractivity contribution in [2.75, 3.05) is 17.7 Å². The lowest BCUT2D eigenvalue weighted by atomic mass is 9.85. The molecule has 0 unspecified atom stereocenters. The summed E-state index contributed by atoms with van der Waals surface area (Å²) in [6.07, 6.45) is 3.24. The number of halogens is 2. The Morgan fingerprint density at radius 1 is 1.30 bits per heavy atom. The molecule has 1 saturated carbocycles. The van der Waals surface area contributed by atoms with Gasteiger partial charge in [-0.3, -0.25) is 4.79 Å². The zero-order valence-electron chi connectivity index (χ0n) is 11.3. The minimum atomic E-state index is -0.671. The summed E-state index contributed by atoms with van der Waals surface area (Å²) < 4.78 is 1.84. The number of benzene rings is 1. The fraction of sp³-hybridized carbons (Fsp3) is 0.500. The molecule has 110 valence electrons. The Bertz CT molecular complexity index is 514. The molecule has 0 radical (unpaired) electrons. The Hall–Kier alpha value is -0.750. The normalized spacial score (nSPS) is 22.6. The van der Waals surface area contributed by atoms with Crippen LogP contribution in [-0.2, 0) is 4.79 Å². The highest BCUT2D eigenvalue weighted by Gasteiger charge is 2.28. The van der Waals surface area contributed by atoms with Crippen molar-refractivity contribution in [3.8, 4) is 0 Å². The molecule has 0 saturated heterocycles. The van der Waals surface area contributed by atoms with Crippen LogP contribution in [0.25, 0.3) is 0 Å². The summed E-state index contributed by atoms with van der Waals surface area (Å²) >= 11 is 6.94. The van der Waals surface area contributed by atoms with E-state index in [4.69, 9.17) is 10.8 Å². The maximum Gasteiger partial charge on any atom is 0.306 e. The topological polar surface area (TPSA) is 66.6 Å². The highest BCUT2D eigenvalue weighted by Crippen LogP contribution is 2.37. The van der Waals surface area contributed by atoms with Gasteiger partial charge < -0.3 is 15.7 Å². The Morgan fingerprint density at radius 2 is 1.90 bits per heavy atom. The van der Waals surface area contributed by atoms with Gasteiger partial charge in [-0.2, -0.15) is 0 Å². The molecule has 6 heteroatoms. The van der Waals surface area contributed by atoms with Gasteiger partial charge in [0, 0.05) is 22.0 Å². The van der Waals surface area contributed by atoms with Gasteiger partial charge in [0.05, 0.1) is 17.3 Å². The van der Waals surface area contributed by atoms with Crippen molar-refractivity contribution in [3.63, 3.8) is 0 Å². The average molecular weight is 406 g/mol. The number of nitrogen functional groups attached to an aromatic ring is 1. The molecule has 20 heavy (non-hydrogen) atoms. The SMILES string of the molecule is CN(c1cc(Br)cc(Br)c1N)C1CCC(C(=O)O)CC1. The fourth-order valence-corrected chi connectivity index (χ4v) is 3.97. The minimum absolute atomic E-state index is 0.189. The number of anilines is 2. The molecule has 3 N–H and O–H groups in total. The third kappa shape index (κ3) is 3.28. The molecule has 1 aliphatic rings. The van der Waals surface area contributed by atoms with Crippen molar-refractivity contribution < 1.29 is 9.90 Å². The molecule has 2 rings (SSSR count). The van der Waals surface area contributed by atoms with Gasteiger partial charge in [-0.1, -0.05) is 15.9 Å². The summed E-state index contributed by atoms with van der Waals surface area (Å²) in [6, 6.07) is 4.27. The minimum Gasteiger partial charge on any atom is -0.481 e. The summed E-state index contributed by atoms with van der Waals surface area (Å²) in [5, 5.41) is 9.05. The third-order valence-corrected chi connectivity index (χ3v) is 5.16. The fourth-order valence-electron chi connectivity index (χ4n) is 2.77. The molecule has 0 bridgehead atoms. The van der Waals surface area contributed by atoms with E-state index in [2.05, 4.69) is 36.8 Å². The standard InChI is InChI=1S/C14H18Br2N2O2/c1-18(10-4-2-8(3-5-10)14(19)20)12-7-9(15)6-11(16)13(12)17/h6-8,10H,2-5,17H2,1H3,(H,19,20). The summed E-state index contributed by atoms with van der Waals surface area (Å²) in [6.45, 7) is 0. The van der Waals surface area contributed by atoms with Crippen LogP contribution in [0.5, 0.6) is 0 Å². The largest absolute Gasteiger partial charge is 0.481 e. The zero-order valence-corrected chi connectivity index (χ0v) is 14.4. The Kier molecular flexibility index (Phi) is 4.96. The van der Waals surface area contributed by atoms with Crippen LogP contribution in [0.1, 0.15) is 25.7 Å². The zero-order chi connectivity index (χ0) is 14.9. The summed E-state index contributed by atoms with van der Waals surface area (Å²) in [5.74, 6) is -0.859. The number of hydrogen-bond donors (Lipinski definition) is 2. The van der Waals surface area contributed by atoms with Crippen LogP contribution < -0.4 is 10.6 Å². The van der Waals surface area contributed by atoms with Crippen molar-refractivity contribution in [2.24, 2.45) is 5.92 Å². The molecule has 0 spiro atoms. The van der Waals surface area contributed by atoms with E-state index in [1.54, 1.807) is 0 Å². The average Bonchev–Trinajstić information content (AvgIpc) is 2.42. The van der Waals surface area contributed by atoms with Gasteiger partial charge in [-0.15, -0.1) is 0 Å². The quantitative estimate of drug-likeness (QED) is 0.749. The molecule has 1 fully saturated rings. The summed E-state index contributed by atoms with van der Waals surface area (Å²) in [5.41, 5.74) is 7.83. The molecular formula is C14H18Br2N2O2. The van der Waals surface area contributed by atoms with Crippen LogP contribution in [0.3, 0.4) is 0 Å². The van der Waals surface area contributed by atoms with E-state index in [1.165, 1.54) is 0 Å². The van der Waals surface area contributed by atoms with Gasteiger partial charge >= 0.3 is 5.97 Å². The number of carboxylic acids is 1. The second kappa shape index (κ2) is 6.35. The molecule has 0 atom stereocenters. The molecule has 1 aliphatic carbocycles. The number of aliphatic carboxylic acids is 1. The van der Waals surface area contributed by atoms with Gasteiger partial charge in [0.15, 0.2) is 0 Å². The van der Waals surface area contributed by atoms with Crippen LogP contribution in [0.4, 0.5) is 11.4 Å². The highest BCUT2D eigenvalue weighted by molar-refractivity contribution is 9.11. The second-order valence-electron chi connectivity index (χ2n) is 5.28. The van der Waals surface area contributed by atoms with Crippen molar-refractivity contribution in [1.82, 2.24) is 0 Å². The monoisotopic (exact) mass is 404 g/mol. The number of carboxylic acid groups (broad SMARTS) is 1. The van der Waals surface area contributed by atoms with Crippen molar-refractivity contribution >= 4 is 49.2 Å².